The number of carbonyl (C=O) groups is 1. The Morgan fingerprint density at radius 2 is 2.19 bits per heavy atom. The minimum Gasteiger partial charge on any atom is -0.298 e. The molecule has 0 spiro atoms. The van der Waals surface area contributed by atoms with E-state index in [1.807, 2.05) is 36.7 Å². The maximum absolute atomic E-state index is 12.5. The minimum atomic E-state index is -0.111. The van der Waals surface area contributed by atoms with E-state index in [9.17, 15) is 4.79 Å². The molecule has 0 bridgehead atoms. The minimum absolute atomic E-state index is 0.111. The fourth-order valence-corrected chi connectivity index (χ4v) is 4.26. The third kappa shape index (κ3) is 4.09. The van der Waals surface area contributed by atoms with E-state index < -0.39 is 0 Å². The van der Waals surface area contributed by atoms with Crippen molar-refractivity contribution in [3.05, 3.63) is 64.4 Å². The van der Waals surface area contributed by atoms with E-state index in [1.165, 1.54) is 22.5 Å². The maximum atomic E-state index is 12.5. The van der Waals surface area contributed by atoms with E-state index in [0.29, 0.717) is 16.7 Å². The summed E-state index contributed by atoms with van der Waals surface area (Å²) in [6, 6.07) is 8.02. The highest BCUT2D eigenvalue weighted by molar-refractivity contribution is 7.14. The van der Waals surface area contributed by atoms with E-state index in [-0.39, 0.29) is 5.91 Å². The van der Waals surface area contributed by atoms with E-state index in [1.54, 1.807) is 0 Å². The number of thiazole rings is 1. The largest absolute Gasteiger partial charge is 0.298 e. The summed E-state index contributed by atoms with van der Waals surface area (Å²) in [6.45, 7) is 4.02. The maximum Gasteiger partial charge on any atom is 0.257 e. The van der Waals surface area contributed by atoms with Crippen LogP contribution in [0.1, 0.15) is 53.0 Å². The molecular weight excluding hydrogens is 358 g/mol. The monoisotopic (exact) mass is 381 g/mol. The van der Waals surface area contributed by atoms with Crippen LogP contribution < -0.4 is 5.32 Å². The number of H-pyrrole nitrogens is 1. The molecule has 1 atom stereocenters. The predicted molar refractivity (Wildman–Crippen MR) is 107 cm³/mol. The molecule has 0 aliphatic carbocycles. The van der Waals surface area contributed by atoms with Gasteiger partial charge in [-0.25, -0.2) is 4.98 Å². The van der Waals surface area contributed by atoms with Gasteiger partial charge < -0.3 is 0 Å². The number of benzene rings is 1. The summed E-state index contributed by atoms with van der Waals surface area (Å²) in [5.41, 5.74) is 4.10. The lowest BCUT2D eigenvalue weighted by Crippen LogP contribution is -2.22. The lowest BCUT2D eigenvalue weighted by Gasteiger charge is -2.22. The second kappa shape index (κ2) is 8.02. The molecule has 0 radical (unpaired) electrons. The van der Waals surface area contributed by atoms with Crippen LogP contribution in [0.25, 0.3) is 0 Å². The van der Waals surface area contributed by atoms with Crippen LogP contribution >= 0.6 is 11.3 Å². The van der Waals surface area contributed by atoms with Gasteiger partial charge in [-0.15, -0.1) is 11.3 Å². The number of amides is 1. The highest BCUT2D eigenvalue weighted by atomic mass is 32.1. The quantitative estimate of drug-likeness (QED) is 0.676. The van der Waals surface area contributed by atoms with Crippen LogP contribution in [0, 0.1) is 0 Å². The zero-order valence-corrected chi connectivity index (χ0v) is 16.1. The smallest absolute Gasteiger partial charge is 0.257 e. The molecule has 1 fully saturated rings. The van der Waals surface area contributed by atoms with Crippen LogP contribution in [0.2, 0.25) is 0 Å². The molecule has 3 aromatic rings. The summed E-state index contributed by atoms with van der Waals surface area (Å²) >= 11 is 1.49. The molecule has 1 saturated heterocycles. The highest BCUT2D eigenvalue weighted by Gasteiger charge is 2.28. The Morgan fingerprint density at radius 3 is 2.93 bits per heavy atom. The van der Waals surface area contributed by atoms with Gasteiger partial charge in [0.05, 0.1) is 17.9 Å². The fourth-order valence-electron chi connectivity index (χ4n) is 3.51. The molecule has 4 rings (SSSR count). The van der Waals surface area contributed by atoms with Gasteiger partial charge in [0, 0.05) is 29.2 Å². The summed E-state index contributed by atoms with van der Waals surface area (Å²) in [6.07, 6.45) is 7.02. The van der Waals surface area contributed by atoms with Gasteiger partial charge in [-0.2, -0.15) is 5.10 Å². The van der Waals surface area contributed by atoms with Crippen molar-refractivity contribution in [3.8, 4) is 0 Å². The average molecular weight is 382 g/mol. The molecular formula is C20H23N5OS. The summed E-state index contributed by atoms with van der Waals surface area (Å²) in [5.74, 6) is -0.111. The number of likely N-dealkylation sites (tertiary alicyclic amines) is 1. The fraction of sp³-hybridized carbons (Fsp3) is 0.350. The Bertz CT molecular complexity index is 888. The molecule has 3 heterocycles. The molecule has 140 valence electrons. The van der Waals surface area contributed by atoms with Crippen molar-refractivity contribution >= 4 is 22.4 Å². The number of anilines is 1. The van der Waals surface area contributed by atoms with Gasteiger partial charge in [-0.1, -0.05) is 19.1 Å². The van der Waals surface area contributed by atoms with Crippen molar-refractivity contribution in [1.29, 1.82) is 0 Å². The van der Waals surface area contributed by atoms with E-state index in [2.05, 4.69) is 32.7 Å². The molecule has 27 heavy (non-hydrogen) atoms. The van der Waals surface area contributed by atoms with Gasteiger partial charge in [0.2, 0.25) is 0 Å². The van der Waals surface area contributed by atoms with Gasteiger partial charge >= 0.3 is 0 Å². The van der Waals surface area contributed by atoms with E-state index in [4.69, 9.17) is 4.98 Å². The number of carbonyl (C=O) groups excluding carboxylic acids is 1. The molecule has 0 saturated carbocycles. The Morgan fingerprint density at radius 1 is 1.33 bits per heavy atom. The number of rotatable bonds is 6. The Balaban J connectivity index is 1.42. The van der Waals surface area contributed by atoms with Crippen molar-refractivity contribution in [3.63, 3.8) is 0 Å². The number of nitrogens with zero attached hydrogens (tertiary/aromatic N) is 3. The van der Waals surface area contributed by atoms with E-state index in [0.717, 1.165) is 38.0 Å². The number of aromatic nitrogens is 3. The van der Waals surface area contributed by atoms with Crippen molar-refractivity contribution < 1.29 is 4.79 Å². The summed E-state index contributed by atoms with van der Waals surface area (Å²) < 4.78 is 0. The van der Waals surface area contributed by atoms with Crippen LogP contribution in [-0.4, -0.2) is 32.5 Å². The van der Waals surface area contributed by atoms with Crippen LogP contribution in [0.5, 0.6) is 0 Å². The normalized spacial score (nSPS) is 17.3. The van der Waals surface area contributed by atoms with Crippen LogP contribution in [-0.2, 0) is 13.0 Å². The average Bonchev–Trinajstić information content (AvgIpc) is 3.44. The molecule has 1 aliphatic heterocycles. The van der Waals surface area contributed by atoms with Crippen LogP contribution in [0.3, 0.4) is 0 Å². The molecule has 1 amide bonds. The zero-order chi connectivity index (χ0) is 18.6. The van der Waals surface area contributed by atoms with Crippen molar-refractivity contribution in [2.75, 3.05) is 11.9 Å². The first-order valence-corrected chi connectivity index (χ1v) is 10.2. The highest BCUT2D eigenvalue weighted by Crippen LogP contribution is 2.34. The third-order valence-corrected chi connectivity index (χ3v) is 5.79. The molecule has 2 aromatic heterocycles. The van der Waals surface area contributed by atoms with Gasteiger partial charge in [-0.05, 0) is 43.5 Å². The van der Waals surface area contributed by atoms with Gasteiger partial charge in [-0.3, -0.25) is 20.1 Å². The molecule has 1 aromatic carbocycles. The number of aromatic amines is 1. The second-order valence-corrected chi connectivity index (χ2v) is 7.68. The van der Waals surface area contributed by atoms with Gasteiger partial charge in [0.15, 0.2) is 5.13 Å². The SMILES string of the molecule is CCc1ccc(C(=O)Nc2nc(C3CCCN3Cc3cn[nH]c3)cs2)cc1. The topological polar surface area (TPSA) is 73.9 Å². The van der Waals surface area contributed by atoms with Gasteiger partial charge in [0.25, 0.3) is 5.91 Å². The first-order chi connectivity index (χ1) is 13.2. The predicted octanol–water partition coefficient (Wildman–Crippen LogP) is 4.02. The first kappa shape index (κ1) is 17.9. The van der Waals surface area contributed by atoms with Crippen molar-refractivity contribution in [1.82, 2.24) is 20.1 Å². The number of hydrogen-bond donors (Lipinski definition) is 2. The zero-order valence-electron chi connectivity index (χ0n) is 15.3. The van der Waals surface area contributed by atoms with Crippen molar-refractivity contribution in [2.45, 2.75) is 38.8 Å². The first-order valence-electron chi connectivity index (χ1n) is 9.30. The van der Waals surface area contributed by atoms with E-state index >= 15 is 0 Å². The van der Waals surface area contributed by atoms with Crippen molar-refractivity contribution in [2.24, 2.45) is 0 Å². The molecule has 6 nitrogen and oxygen atoms in total. The molecule has 1 aliphatic rings. The molecule has 1 unspecified atom stereocenters. The number of aryl methyl sites for hydroxylation is 1. The standard InChI is InChI=1S/C20H23N5OS/c1-2-14-5-7-16(8-6-14)19(26)24-20-23-17(13-27-20)18-4-3-9-25(18)12-15-10-21-22-11-15/h5-8,10-11,13,18H,2-4,9,12H2,1H3,(H,21,22)(H,23,24,26). The lowest BCUT2D eigenvalue weighted by molar-refractivity contribution is 0.102. The number of nitrogens with one attached hydrogen (secondary N) is 2. The summed E-state index contributed by atoms with van der Waals surface area (Å²) in [5, 5.41) is 12.6. The lowest BCUT2D eigenvalue weighted by atomic mass is 10.1. The van der Waals surface area contributed by atoms with Gasteiger partial charge in [0.1, 0.15) is 0 Å². The summed E-state index contributed by atoms with van der Waals surface area (Å²) in [4.78, 5) is 19.6. The molecule has 7 heteroatoms. The summed E-state index contributed by atoms with van der Waals surface area (Å²) in [7, 11) is 0. The molecule has 2 N–H and O–H groups in total. The number of hydrogen-bond acceptors (Lipinski definition) is 5. The Kier molecular flexibility index (Phi) is 5.31. The van der Waals surface area contributed by atoms with Crippen LogP contribution in [0.4, 0.5) is 5.13 Å². The third-order valence-electron chi connectivity index (χ3n) is 5.01. The Hall–Kier alpha value is -2.51. The second-order valence-electron chi connectivity index (χ2n) is 6.82. The Labute approximate surface area is 162 Å². The van der Waals surface area contributed by atoms with Crippen LogP contribution in [0.15, 0.2) is 42.0 Å².